The van der Waals surface area contributed by atoms with Crippen LogP contribution in [0, 0.1) is 0 Å². The quantitative estimate of drug-likeness (QED) is 0.857. The highest BCUT2D eigenvalue weighted by molar-refractivity contribution is 5.89. The molecule has 2 fully saturated rings. The molecule has 2 aliphatic heterocycles. The lowest BCUT2D eigenvalue weighted by atomic mass is 9.99. The first-order valence-electron chi connectivity index (χ1n) is 9.13. The highest BCUT2D eigenvalue weighted by Gasteiger charge is 2.38. The number of amides is 2. The second-order valence-electron chi connectivity index (χ2n) is 8.54. The van der Waals surface area contributed by atoms with E-state index in [0.717, 1.165) is 39.0 Å². The van der Waals surface area contributed by atoms with E-state index in [4.69, 9.17) is 4.74 Å². The minimum absolute atomic E-state index is 0.0303. The summed E-state index contributed by atoms with van der Waals surface area (Å²) in [7, 11) is 0. The Bertz CT molecular complexity index is 465. The Labute approximate surface area is 145 Å². The van der Waals surface area contributed by atoms with Crippen LogP contribution < -0.4 is 5.32 Å². The highest BCUT2D eigenvalue weighted by atomic mass is 16.6. The molecule has 24 heavy (non-hydrogen) atoms. The number of carbonyl (C=O) groups is 2. The summed E-state index contributed by atoms with van der Waals surface area (Å²) >= 11 is 0. The minimum atomic E-state index is -0.963. The lowest BCUT2D eigenvalue weighted by Gasteiger charge is -2.40. The van der Waals surface area contributed by atoms with Crippen LogP contribution in [-0.2, 0) is 9.53 Å². The van der Waals surface area contributed by atoms with Crippen molar-refractivity contribution < 1.29 is 14.3 Å². The van der Waals surface area contributed by atoms with Crippen molar-refractivity contribution in [2.75, 3.05) is 26.2 Å². The Balaban J connectivity index is 1.94. The number of nitrogens with zero attached hydrogens (tertiary/aromatic N) is 2. The number of likely N-dealkylation sites (tertiary alicyclic amines) is 2. The standard InChI is InChI=1S/C18H33N3O3/c1-17(2,3)24-16(23)19-18(4,5)15(22)21-12-8-9-14(13-21)20-10-6-7-11-20/h14H,6-13H2,1-5H3,(H,19,23)/t14-/m0/s1. The molecule has 2 heterocycles. The number of rotatable bonds is 3. The molecule has 1 N–H and O–H groups in total. The van der Waals surface area contributed by atoms with Crippen LogP contribution in [0.15, 0.2) is 0 Å². The number of alkyl carbamates (subject to hydrolysis) is 1. The van der Waals surface area contributed by atoms with Crippen molar-refractivity contribution in [3.63, 3.8) is 0 Å². The molecule has 0 saturated carbocycles. The third-order valence-corrected chi connectivity index (χ3v) is 4.69. The molecular weight excluding hydrogens is 306 g/mol. The van der Waals surface area contributed by atoms with Crippen molar-refractivity contribution in [1.82, 2.24) is 15.1 Å². The molecule has 2 amide bonds. The molecular formula is C18H33N3O3. The fourth-order valence-electron chi connectivity index (χ4n) is 3.55. The van der Waals surface area contributed by atoms with Crippen molar-refractivity contribution in [3.05, 3.63) is 0 Å². The molecule has 0 bridgehead atoms. The second kappa shape index (κ2) is 7.30. The van der Waals surface area contributed by atoms with Crippen LogP contribution in [0.25, 0.3) is 0 Å². The SMILES string of the molecule is CC(C)(C)OC(=O)NC(C)(C)C(=O)N1CCC[C@H](N2CCCC2)C1. The zero-order chi connectivity index (χ0) is 18.0. The second-order valence-corrected chi connectivity index (χ2v) is 8.54. The summed E-state index contributed by atoms with van der Waals surface area (Å²) in [5, 5.41) is 2.73. The number of ether oxygens (including phenoxy) is 1. The van der Waals surface area contributed by atoms with E-state index < -0.39 is 17.2 Å². The minimum Gasteiger partial charge on any atom is -0.444 e. The van der Waals surface area contributed by atoms with Gasteiger partial charge in [-0.15, -0.1) is 0 Å². The number of hydrogen-bond acceptors (Lipinski definition) is 4. The molecule has 6 heteroatoms. The van der Waals surface area contributed by atoms with E-state index in [0.29, 0.717) is 6.04 Å². The van der Waals surface area contributed by atoms with Gasteiger partial charge in [0.15, 0.2) is 0 Å². The fourth-order valence-corrected chi connectivity index (χ4v) is 3.55. The maximum absolute atomic E-state index is 12.9. The predicted molar refractivity (Wildman–Crippen MR) is 93.9 cm³/mol. The summed E-state index contributed by atoms with van der Waals surface area (Å²) < 4.78 is 5.28. The fraction of sp³-hybridized carbons (Fsp3) is 0.889. The zero-order valence-corrected chi connectivity index (χ0v) is 15.9. The molecule has 2 saturated heterocycles. The van der Waals surface area contributed by atoms with Gasteiger partial charge in [-0.25, -0.2) is 4.79 Å². The maximum atomic E-state index is 12.9. The smallest absolute Gasteiger partial charge is 0.408 e. The monoisotopic (exact) mass is 339 g/mol. The van der Waals surface area contributed by atoms with Crippen LogP contribution >= 0.6 is 0 Å². The molecule has 0 aromatic heterocycles. The lowest BCUT2D eigenvalue weighted by molar-refractivity contribution is -0.139. The van der Waals surface area contributed by atoms with Gasteiger partial charge in [-0.3, -0.25) is 9.69 Å². The van der Waals surface area contributed by atoms with Crippen molar-refractivity contribution in [2.24, 2.45) is 0 Å². The van der Waals surface area contributed by atoms with E-state index in [1.807, 2.05) is 25.7 Å². The van der Waals surface area contributed by atoms with Crippen LogP contribution in [-0.4, -0.2) is 65.2 Å². The molecule has 138 valence electrons. The Kier molecular flexibility index (Phi) is 5.78. The van der Waals surface area contributed by atoms with E-state index in [-0.39, 0.29) is 5.91 Å². The summed E-state index contributed by atoms with van der Waals surface area (Å²) in [6.07, 6.45) is 4.15. The highest BCUT2D eigenvalue weighted by Crippen LogP contribution is 2.22. The summed E-state index contributed by atoms with van der Waals surface area (Å²) in [4.78, 5) is 29.4. The van der Waals surface area contributed by atoms with Crippen molar-refractivity contribution in [2.45, 2.75) is 77.5 Å². The van der Waals surface area contributed by atoms with Gasteiger partial charge in [-0.2, -0.15) is 0 Å². The van der Waals surface area contributed by atoms with Crippen molar-refractivity contribution in [3.8, 4) is 0 Å². The zero-order valence-electron chi connectivity index (χ0n) is 15.9. The Hall–Kier alpha value is -1.30. The molecule has 0 spiro atoms. The van der Waals surface area contributed by atoms with E-state index >= 15 is 0 Å². The lowest BCUT2D eigenvalue weighted by Crippen LogP contribution is -2.60. The number of nitrogens with one attached hydrogen (secondary N) is 1. The maximum Gasteiger partial charge on any atom is 0.408 e. The number of hydrogen-bond donors (Lipinski definition) is 1. The van der Waals surface area contributed by atoms with Gasteiger partial charge in [0.1, 0.15) is 11.1 Å². The van der Waals surface area contributed by atoms with E-state index in [1.165, 1.54) is 12.8 Å². The molecule has 0 aliphatic carbocycles. The van der Waals surface area contributed by atoms with E-state index in [9.17, 15) is 9.59 Å². The van der Waals surface area contributed by atoms with Gasteiger partial charge in [-0.05, 0) is 73.4 Å². The van der Waals surface area contributed by atoms with E-state index in [2.05, 4.69) is 10.2 Å². The number of piperidine rings is 1. The van der Waals surface area contributed by atoms with Gasteiger partial charge in [-0.1, -0.05) is 0 Å². The molecule has 6 nitrogen and oxygen atoms in total. The van der Waals surface area contributed by atoms with Gasteiger partial charge >= 0.3 is 6.09 Å². The van der Waals surface area contributed by atoms with Crippen molar-refractivity contribution in [1.29, 1.82) is 0 Å². The molecule has 0 unspecified atom stereocenters. The summed E-state index contributed by atoms with van der Waals surface area (Å²) in [6, 6.07) is 0.461. The van der Waals surface area contributed by atoms with Crippen molar-refractivity contribution >= 4 is 12.0 Å². The Morgan fingerprint density at radius 3 is 2.21 bits per heavy atom. The third kappa shape index (κ3) is 5.10. The van der Waals surface area contributed by atoms with Crippen LogP contribution in [0.5, 0.6) is 0 Å². The largest absolute Gasteiger partial charge is 0.444 e. The molecule has 2 aliphatic rings. The Morgan fingerprint density at radius 1 is 1.00 bits per heavy atom. The normalized spacial score (nSPS) is 23.2. The average molecular weight is 339 g/mol. The van der Waals surface area contributed by atoms with Crippen LogP contribution in [0.4, 0.5) is 4.79 Å². The van der Waals surface area contributed by atoms with E-state index in [1.54, 1.807) is 13.8 Å². The van der Waals surface area contributed by atoms with Gasteiger partial charge in [0, 0.05) is 19.1 Å². The Morgan fingerprint density at radius 2 is 1.62 bits per heavy atom. The molecule has 0 aromatic rings. The first kappa shape index (κ1) is 19.0. The number of carbonyl (C=O) groups excluding carboxylic acids is 2. The van der Waals surface area contributed by atoms with Crippen LogP contribution in [0.1, 0.15) is 60.3 Å². The molecule has 2 rings (SSSR count). The molecule has 1 atom stereocenters. The summed E-state index contributed by atoms with van der Waals surface area (Å²) in [5.74, 6) is -0.0303. The first-order valence-corrected chi connectivity index (χ1v) is 9.13. The van der Waals surface area contributed by atoms with Gasteiger partial charge in [0.25, 0.3) is 0 Å². The average Bonchev–Trinajstić information content (AvgIpc) is 2.98. The van der Waals surface area contributed by atoms with Gasteiger partial charge in [0.2, 0.25) is 5.91 Å². The van der Waals surface area contributed by atoms with Crippen LogP contribution in [0.2, 0.25) is 0 Å². The topological polar surface area (TPSA) is 61.9 Å². The van der Waals surface area contributed by atoms with Crippen LogP contribution in [0.3, 0.4) is 0 Å². The molecule has 0 radical (unpaired) electrons. The molecule has 0 aromatic carbocycles. The third-order valence-electron chi connectivity index (χ3n) is 4.69. The summed E-state index contributed by atoms with van der Waals surface area (Å²) in [6.45, 7) is 12.8. The van der Waals surface area contributed by atoms with Gasteiger partial charge < -0.3 is 15.0 Å². The summed E-state index contributed by atoms with van der Waals surface area (Å²) in [5.41, 5.74) is -1.54. The first-order chi connectivity index (χ1) is 11.1. The predicted octanol–water partition coefficient (Wildman–Crippen LogP) is 2.38. The van der Waals surface area contributed by atoms with Gasteiger partial charge in [0.05, 0.1) is 0 Å².